The van der Waals surface area contributed by atoms with Gasteiger partial charge >= 0.3 is 0 Å². The molecular weight excluding hydrogens is 339 g/mol. The summed E-state index contributed by atoms with van der Waals surface area (Å²) in [6, 6.07) is 4.86. The number of aromatic amines is 1. The zero-order valence-electron chi connectivity index (χ0n) is 14.1. The van der Waals surface area contributed by atoms with Crippen LogP contribution in [0.2, 0.25) is 0 Å². The van der Waals surface area contributed by atoms with E-state index < -0.39 is 9.71 Å². The Labute approximate surface area is 146 Å². The van der Waals surface area contributed by atoms with Crippen molar-refractivity contribution in [1.82, 2.24) is 19.1 Å². The molecule has 3 heterocycles. The van der Waals surface area contributed by atoms with Crippen molar-refractivity contribution in [2.75, 3.05) is 13.1 Å². The number of hydrogen-bond donors (Lipinski definition) is 1. The van der Waals surface area contributed by atoms with Crippen molar-refractivity contribution < 1.29 is 8.60 Å². The number of hydrogen-bond acceptors (Lipinski definition) is 2. The number of H-pyrrole nitrogens is 1. The lowest BCUT2D eigenvalue weighted by Crippen LogP contribution is -2.37. The molecule has 1 unspecified atom stereocenters. The van der Waals surface area contributed by atoms with Gasteiger partial charge in [0.2, 0.25) is 0 Å². The summed E-state index contributed by atoms with van der Waals surface area (Å²) in [4.78, 5) is 3.84. The summed E-state index contributed by atoms with van der Waals surface area (Å²) in [5, 5.41) is 5.18. The SMILES string of the molecule is C=S(=O)(c1cnn(C)c1)N1CCC(c2c[nH]c3cc(F)ccc23)CC1. The third-order valence-electron chi connectivity index (χ3n) is 5.04. The van der Waals surface area contributed by atoms with E-state index in [0.717, 1.165) is 36.8 Å². The van der Waals surface area contributed by atoms with Gasteiger partial charge < -0.3 is 4.98 Å². The molecule has 0 bridgehead atoms. The first kappa shape index (κ1) is 16.4. The molecule has 4 rings (SSSR count). The molecule has 3 aromatic rings. The fourth-order valence-electron chi connectivity index (χ4n) is 3.63. The largest absolute Gasteiger partial charge is 0.361 e. The number of benzene rings is 1. The van der Waals surface area contributed by atoms with Gasteiger partial charge in [0, 0.05) is 43.4 Å². The van der Waals surface area contributed by atoms with Crippen LogP contribution in [0.15, 0.2) is 41.7 Å². The van der Waals surface area contributed by atoms with Gasteiger partial charge in [-0.15, -0.1) is 0 Å². The molecule has 1 N–H and O–H groups in total. The first-order valence-corrected chi connectivity index (χ1v) is 10.0. The van der Waals surface area contributed by atoms with Crippen LogP contribution >= 0.6 is 0 Å². The van der Waals surface area contributed by atoms with Crippen molar-refractivity contribution in [2.24, 2.45) is 7.05 Å². The van der Waals surface area contributed by atoms with Crippen LogP contribution in [0, 0.1) is 5.82 Å². The van der Waals surface area contributed by atoms with E-state index in [1.54, 1.807) is 17.1 Å². The summed E-state index contributed by atoms with van der Waals surface area (Å²) in [5.74, 6) is 4.12. The topological polar surface area (TPSA) is 53.9 Å². The van der Waals surface area contributed by atoms with Crippen LogP contribution in [0.4, 0.5) is 4.39 Å². The highest BCUT2D eigenvalue weighted by molar-refractivity contribution is 7.98. The number of aromatic nitrogens is 3. The molecule has 132 valence electrons. The van der Waals surface area contributed by atoms with Crippen LogP contribution in [0.1, 0.15) is 24.3 Å². The van der Waals surface area contributed by atoms with Crippen LogP contribution < -0.4 is 0 Å². The van der Waals surface area contributed by atoms with Crippen molar-refractivity contribution in [2.45, 2.75) is 23.7 Å². The fraction of sp³-hybridized carbons (Fsp3) is 0.333. The molecule has 1 fully saturated rings. The second-order valence-electron chi connectivity index (χ2n) is 6.63. The Morgan fingerprint density at radius 2 is 2.12 bits per heavy atom. The molecular formula is C18H21FN4OS. The van der Waals surface area contributed by atoms with Crippen molar-refractivity contribution in [3.05, 3.63) is 48.2 Å². The second-order valence-corrected chi connectivity index (χ2v) is 8.90. The third kappa shape index (κ3) is 2.87. The van der Waals surface area contributed by atoms with Gasteiger partial charge in [-0.1, -0.05) is 0 Å². The second kappa shape index (κ2) is 6.00. The van der Waals surface area contributed by atoms with Gasteiger partial charge in [0.15, 0.2) is 0 Å². The summed E-state index contributed by atoms with van der Waals surface area (Å²) in [6.07, 6.45) is 7.19. The molecule has 1 aromatic carbocycles. The predicted molar refractivity (Wildman–Crippen MR) is 98.5 cm³/mol. The van der Waals surface area contributed by atoms with Gasteiger partial charge in [-0.05, 0) is 48.4 Å². The molecule has 25 heavy (non-hydrogen) atoms. The van der Waals surface area contributed by atoms with Crippen LogP contribution in [-0.2, 0) is 16.8 Å². The summed E-state index contributed by atoms with van der Waals surface area (Å²) < 4.78 is 30.1. The maximum Gasteiger partial charge on any atom is 0.125 e. The molecule has 7 heteroatoms. The summed E-state index contributed by atoms with van der Waals surface area (Å²) in [6.45, 7) is 1.44. The Morgan fingerprint density at radius 3 is 2.80 bits per heavy atom. The lowest BCUT2D eigenvalue weighted by molar-refractivity contribution is 0.334. The number of nitrogens with zero attached hydrogens (tertiary/aromatic N) is 3. The van der Waals surface area contributed by atoms with E-state index in [9.17, 15) is 8.60 Å². The van der Waals surface area contributed by atoms with E-state index in [4.69, 9.17) is 0 Å². The van der Waals surface area contributed by atoms with Crippen molar-refractivity contribution >= 4 is 26.5 Å². The number of nitrogens with one attached hydrogen (secondary N) is 1. The summed E-state index contributed by atoms with van der Waals surface area (Å²) in [5.41, 5.74) is 2.04. The quantitative estimate of drug-likeness (QED) is 0.730. The molecule has 1 aliphatic rings. The number of aryl methyl sites for hydroxylation is 1. The van der Waals surface area contributed by atoms with Crippen molar-refractivity contribution in [1.29, 1.82) is 0 Å². The Balaban J connectivity index is 1.53. The van der Waals surface area contributed by atoms with E-state index in [0.29, 0.717) is 10.8 Å². The molecule has 0 amide bonds. The van der Waals surface area contributed by atoms with E-state index >= 15 is 0 Å². The smallest absolute Gasteiger partial charge is 0.125 e. The first-order chi connectivity index (χ1) is 11.9. The predicted octanol–water partition coefficient (Wildman–Crippen LogP) is 2.91. The van der Waals surface area contributed by atoms with E-state index in [-0.39, 0.29) is 5.82 Å². The van der Waals surface area contributed by atoms with Crippen LogP contribution in [-0.4, -0.2) is 42.2 Å². The Morgan fingerprint density at radius 1 is 1.36 bits per heavy atom. The average Bonchev–Trinajstić information content (AvgIpc) is 3.21. The number of rotatable bonds is 3. The van der Waals surface area contributed by atoms with Gasteiger partial charge in [-0.2, -0.15) is 5.10 Å². The van der Waals surface area contributed by atoms with Crippen molar-refractivity contribution in [3.8, 4) is 0 Å². The summed E-state index contributed by atoms with van der Waals surface area (Å²) in [7, 11) is -0.678. The zero-order chi connectivity index (χ0) is 17.6. The van der Waals surface area contributed by atoms with Gasteiger partial charge in [0.25, 0.3) is 0 Å². The summed E-state index contributed by atoms with van der Waals surface area (Å²) >= 11 is 0. The van der Waals surface area contributed by atoms with E-state index in [2.05, 4.69) is 16.0 Å². The molecule has 0 aliphatic carbocycles. The number of halogens is 1. The van der Waals surface area contributed by atoms with Crippen LogP contribution in [0.25, 0.3) is 10.9 Å². The zero-order valence-corrected chi connectivity index (χ0v) is 14.9. The first-order valence-electron chi connectivity index (χ1n) is 8.32. The lowest BCUT2D eigenvalue weighted by Gasteiger charge is -2.33. The van der Waals surface area contributed by atoms with E-state index in [1.165, 1.54) is 17.7 Å². The molecule has 0 spiro atoms. The monoisotopic (exact) mass is 360 g/mol. The molecule has 0 saturated carbocycles. The highest BCUT2D eigenvalue weighted by Crippen LogP contribution is 2.34. The maximum atomic E-state index is 13.4. The highest BCUT2D eigenvalue weighted by Gasteiger charge is 2.28. The number of fused-ring (bicyclic) bond motifs is 1. The molecule has 0 radical (unpaired) electrons. The molecule has 1 saturated heterocycles. The molecule has 1 aliphatic heterocycles. The molecule has 1 atom stereocenters. The molecule has 5 nitrogen and oxygen atoms in total. The van der Waals surface area contributed by atoms with Gasteiger partial charge in [0.1, 0.15) is 5.82 Å². The Bertz CT molecular complexity index is 1010. The fourth-order valence-corrected chi connectivity index (χ4v) is 5.26. The van der Waals surface area contributed by atoms with Crippen LogP contribution in [0.3, 0.4) is 0 Å². The van der Waals surface area contributed by atoms with Crippen molar-refractivity contribution in [3.63, 3.8) is 0 Å². The average molecular weight is 360 g/mol. The molecule has 2 aromatic heterocycles. The standard InChI is InChI=1S/C18H21FN4OS/c1-22-12-15(10-21-22)25(2,24)23-7-5-13(6-8-23)17-11-20-18-9-14(19)3-4-16(17)18/h3-4,9-13,20H,2,5-8H2,1H3. The van der Waals surface area contributed by atoms with Crippen LogP contribution in [0.5, 0.6) is 0 Å². The van der Waals surface area contributed by atoms with E-state index in [1.807, 2.05) is 23.6 Å². The minimum atomic E-state index is -2.49. The van der Waals surface area contributed by atoms with Gasteiger partial charge in [-0.3, -0.25) is 4.68 Å². The Hall–Kier alpha value is -2.12. The minimum Gasteiger partial charge on any atom is -0.361 e. The van der Waals surface area contributed by atoms with Gasteiger partial charge in [-0.25, -0.2) is 12.9 Å². The highest BCUT2D eigenvalue weighted by atomic mass is 32.2. The number of piperidine rings is 1. The normalized spacial score (nSPS) is 19.3. The lowest BCUT2D eigenvalue weighted by atomic mass is 9.90. The minimum absolute atomic E-state index is 0.232. The maximum absolute atomic E-state index is 13.4. The van der Waals surface area contributed by atoms with Gasteiger partial charge in [0.05, 0.1) is 20.8 Å². The Kier molecular flexibility index (Phi) is 3.92. The third-order valence-corrected chi connectivity index (χ3v) is 7.18.